The van der Waals surface area contributed by atoms with Crippen molar-refractivity contribution in [3.8, 4) is 0 Å². The van der Waals surface area contributed by atoms with Gasteiger partial charge >= 0.3 is 0 Å². The maximum atomic E-state index is 11.2. The van der Waals surface area contributed by atoms with Gasteiger partial charge in [0.2, 0.25) is 5.91 Å². The Balaban J connectivity index is 3.31. The predicted octanol–water partition coefficient (Wildman–Crippen LogP) is 2.26. The minimum Gasteiger partial charge on any atom is -0.346 e. The lowest BCUT2D eigenvalue weighted by Crippen LogP contribution is -2.25. The van der Waals surface area contributed by atoms with Gasteiger partial charge in [0.1, 0.15) is 0 Å². The summed E-state index contributed by atoms with van der Waals surface area (Å²) in [5.74, 6) is 0.949. The zero-order valence-corrected chi connectivity index (χ0v) is 8.73. The molecule has 0 saturated carbocycles. The third-order valence-electron chi connectivity index (χ3n) is 1.92. The summed E-state index contributed by atoms with van der Waals surface area (Å²) in [6.07, 6.45) is 3.72. The second kappa shape index (κ2) is 7.41. The van der Waals surface area contributed by atoms with Crippen LogP contribution in [-0.4, -0.2) is 30.3 Å². The van der Waals surface area contributed by atoms with Gasteiger partial charge in [-0.15, -0.1) is 11.6 Å². The van der Waals surface area contributed by atoms with E-state index in [1.165, 1.54) is 0 Å². The van der Waals surface area contributed by atoms with Crippen molar-refractivity contribution in [3.05, 3.63) is 0 Å². The number of carbonyl (C=O) groups excluding carboxylic acids is 1. The normalized spacial score (nSPS) is 9.92. The number of hydrogen-bond donors (Lipinski definition) is 0. The fraction of sp³-hybridized carbons (Fsp3) is 0.889. The standard InChI is InChI=1S/C9H18ClNO/c1-3-11(2)9(12)7-5-4-6-8-10/h3-8H2,1-2H3. The van der Waals surface area contributed by atoms with Gasteiger partial charge in [0.25, 0.3) is 0 Å². The van der Waals surface area contributed by atoms with Crippen LogP contribution in [0, 0.1) is 0 Å². The minimum atomic E-state index is 0.243. The van der Waals surface area contributed by atoms with Crippen LogP contribution in [0.25, 0.3) is 0 Å². The van der Waals surface area contributed by atoms with Crippen LogP contribution in [0.5, 0.6) is 0 Å². The number of hydrogen-bond acceptors (Lipinski definition) is 1. The number of halogens is 1. The molecule has 0 rings (SSSR count). The summed E-state index contributed by atoms with van der Waals surface area (Å²) >= 11 is 5.51. The number of nitrogens with zero attached hydrogens (tertiary/aromatic N) is 1. The van der Waals surface area contributed by atoms with Gasteiger partial charge in [-0.3, -0.25) is 4.79 Å². The molecule has 0 aromatic heterocycles. The van der Waals surface area contributed by atoms with Crippen molar-refractivity contribution in [2.75, 3.05) is 19.5 Å². The quantitative estimate of drug-likeness (QED) is 0.466. The van der Waals surface area contributed by atoms with Crippen LogP contribution in [0.1, 0.15) is 32.6 Å². The first-order valence-electron chi connectivity index (χ1n) is 4.52. The van der Waals surface area contributed by atoms with Crippen LogP contribution in [0.4, 0.5) is 0 Å². The highest BCUT2D eigenvalue weighted by atomic mass is 35.5. The first-order chi connectivity index (χ1) is 5.72. The molecule has 0 aliphatic rings. The summed E-state index contributed by atoms with van der Waals surface area (Å²) in [7, 11) is 1.84. The zero-order chi connectivity index (χ0) is 9.40. The summed E-state index contributed by atoms with van der Waals surface area (Å²) in [4.78, 5) is 13.0. The Kier molecular flexibility index (Phi) is 7.26. The van der Waals surface area contributed by atoms with Crippen molar-refractivity contribution >= 4 is 17.5 Å². The second-order valence-electron chi connectivity index (χ2n) is 2.91. The molecule has 0 spiro atoms. The highest BCUT2D eigenvalue weighted by Gasteiger charge is 2.04. The topological polar surface area (TPSA) is 20.3 Å². The molecule has 0 fully saturated rings. The molecular formula is C9H18ClNO. The highest BCUT2D eigenvalue weighted by Crippen LogP contribution is 2.02. The molecule has 0 N–H and O–H groups in total. The molecule has 0 aromatic carbocycles. The van der Waals surface area contributed by atoms with Crippen molar-refractivity contribution in [1.82, 2.24) is 4.90 Å². The van der Waals surface area contributed by atoms with E-state index in [1.807, 2.05) is 14.0 Å². The first kappa shape index (κ1) is 11.8. The van der Waals surface area contributed by atoms with Crippen molar-refractivity contribution in [2.24, 2.45) is 0 Å². The molecule has 0 unspecified atom stereocenters. The van der Waals surface area contributed by atoms with Crippen molar-refractivity contribution < 1.29 is 4.79 Å². The molecule has 12 heavy (non-hydrogen) atoms. The maximum absolute atomic E-state index is 11.2. The summed E-state index contributed by atoms with van der Waals surface area (Å²) in [5.41, 5.74) is 0. The SMILES string of the molecule is CCN(C)C(=O)CCCCCCl. The van der Waals surface area contributed by atoms with Crippen LogP contribution in [0.3, 0.4) is 0 Å². The summed E-state index contributed by atoms with van der Waals surface area (Å²) in [6.45, 7) is 2.78. The van der Waals surface area contributed by atoms with Gasteiger partial charge in [-0.25, -0.2) is 0 Å². The first-order valence-corrected chi connectivity index (χ1v) is 5.05. The fourth-order valence-electron chi connectivity index (χ4n) is 0.915. The predicted molar refractivity (Wildman–Crippen MR) is 52.5 cm³/mol. The molecule has 0 radical (unpaired) electrons. The Morgan fingerprint density at radius 3 is 2.50 bits per heavy atom. The van der Waals surface area contributed by atoms with E-state index in [4.69, 9.17) is 11.6 Å². The highest BCUT2D eigenvalue weighted by molar-refractivity contribution is 6.17. The average molecular weight is 192 g/mol. The van der Waals surface area contributed by atoms with Gasteiger partial charge in [-0.2, -0.15) is 0 Å². The fourth-order valence-corrected chi connectivity index (χ4v) is 1.10. The van der Waals surface area contributed by atoms with E-state index in [0.717, 1.165) is 25.8 Å². The lowest BCUT2D eigenvalue weighted by molar-refractivity contribution is -0.129. The minimum absolute atomic E-state index is 0.243. The van der Waals surface area contributed by atoms with Gasteiger partial charge in [0, 0.05) is 25.9 Å². The Labute approximate surface area is 79.9 Å². The Hall–Kier alpha value is -0.240. The van der Waals surface area contributed by atoms with Gasteiger partial charge in [-0.1, -0.05) is 6.42 Å². The number of rotatable bonds is 6. The van der Waals surface area contributed by atoms with Gasteiger partial charge in [-0.05, 0) is 19.8 Å². The van der Waals surface area contributed by atoms with E-state index in [9.17, 15) is 4.79 Å². The zero-order valence-electron chi connectivity index (χ0n) is 7.98. The Morgan fingerprint density at radius 2 is 2.00 bits per heavy atom. The van der Waals surface area contributed by atoms with Gasteiger partial charge < -0.3 is 4.90 Å². The monoisotopic (exact) mass is 191 g/mol. The van der Waals surface area contributed by atoms with E-state index in [0.29, 0.717) is 12.3 Å². The molecule has 0 heterocycles. The summed E-state index contributed by atoms with van der Waals surface area (Å²) in [5, 5.41) is 0. The van der Waals surface area contributed by atoms with Crippen LogP contribution in [-0.2, 0) is 4.79 Å². The molecular weight excluding hydrogens is 174 g/mol. The Morgan fingerprint density at radius 1 is 1.33 bits per heavy atom. The summed E-state index contributed by atoms with van der Waals surface area (Å²) < 4.78 is 0. The number of carbonyl (C=O) groups is 1. The summed E-state index contributed by atoms with van der Waals surface area (Å²) in [6, 6.07) is 0. The number of unbranched alkanes of at least 4 members (excludes halogenated alkanes) is 2. The largest absolute Gasteiger partial charge is 0.346 e. The van der Waals surface area contributed by atoms with Crippen LogP contribution in [0.2, 0.25) is 0 Å². The van der Waals surface area contributed by atoms with Crippen molar-refractivity contribution in [2.45, 2.75) is 32.6 Å². The van der Waals surface area contributed by atoms with E-state index < -0.39 is 0 Å². The lowest BCUT2D eigenvalue weighted by atomic mass is 10.2. The van der Waals surface area contributed by atoms with Crippen molar-refractivity contribution in [3.63, 3.8) is 0 Å². The second-order valence-corrected chi connectivity index (χ2v) is 3.29. The van der Waals surface area contributed by atoms with Crippen LogP contribution < -0.4 is 0 Å². The smallest absolute Gasteiger partial charge is 0.222 e. The van der Waals surface area contributed by atoms with Gasteiger partial charge in [0.15, 0.2) is 0 Å². The van der Waals surface area contributed by atoms with E-state index in [1.54, 1.807) is 4.90 Å². The van der Waals surface area contributed by atoms with E-state index >= 15 is 0 Å². The molecule has 0 aliphatic carbocycles. The molecule has 3 heteroatoms. The van der Waals surface area contributed by atoms with Gasteiger partial charge in [0.05, 0.1) is 0 Å². The number of alkyl halides is 1. The number of amides is 1. The molecule has 0 atom stereocenters. The third-order valence-corrected chi connectivity index (χ3v) is 2.19. The molecule has 0 aromatic rings. The molecule has 1 amide bonds. The van der Waals surface area contributed by atoms with Crippen LogP contribution >= 0.6 is 11.6 Å². The molecule has 72 valence electrons. The van der Waals surface area contributed by atoms with E-state index in [2.05, 4.69) is 0 Å². The molecule has 2 nitrogen and oxygen atoms in total. The Bertz CT molecular complexity index is 128. The molecule has 0 bridgehead atoms. The van der Waals surface area contributed by atoms with Crippen molar-refractivity contribution in [1.29, 1.82) is 0 Å². The van der Waals surface area contributed by atoms with E-state index in [-0.39, 0.29) is 5.91 Å². The molecule has 0 saturated heterocycles. The molecule has 0 aliphatic heterocycles. The third kappa shape index (κ3) is 5.42. The van der Waals surface area contributed by atoms with Crippen LogP contribution in [0.15, 0.2) is 0 Å². The lowest BCUT2D eigenvalue weighted by Gasteiger charge is -2.13. The average Bonchev–Trinajstić information content (AvgIpc) is 2.10. The maximum Gasteiger partial charge on any atom is 0.222 e.